The molecule has 132 valence electrons. The van der Waals surface area contributed by atoms with E-state index in [1.54, 1.807) is 12.1 Å². The lowest BCUT2D eigenvalue weighted by molar-refractivity contribution is 0.119. The maximum Gasteiger partial charge on any atom is 0.407 e. The average molecular weight is 345 g/mol. The summed E-state index contributed by atoms with van der Waals surface area (Å²) in [5.41, 5.74) is 0.932. The fourth-order valence-corrected chi connectivity index (χ4v) is 3.59. The molecule has 1 aliphatic carbocycles. The molecule has 1 amide bonds. The Labute approximate surface area is 144 Å². The molecule has 1 aromatic carbocycles. The molecule has 2 heterocycles. The molecule has 1 saturated carbocycles. The lowest BCUT2D eigenvalue weighted by Gasteiger charge is -2.33. The molecular weight excluding hydrogens is 325 g/mol. The highest BCUT2D eigenvalue weighted by molar-refractivity contribution is 5.65. The Hall–Kier alpha value is -2.44. The van der Waals surface area contributed by atoms with Crippen LogP contribution >= 0.6 is 0 Å². The Balaban J connectivity index is 1.61. The van der Waals surface area contributed by atoms with E-state index in [9.17, 15) is 9.18 Å². The number of likely N-dealkylation sites (tertiary alicyclic amines) is 1. The Kier molecular flexibility index (Phi) is 4.15. The van der Waals surface area contributed by atoms with Gasteiger partial charge in [0.15, 0.2) is 5.82 Å². The molecule has 2 aliphatic rings. The first-order chi connectivity index (χ1) is 12.1. The number of hydrogen-bond acceptors (Lipinski definition) is 4. The Bertz CT molecular complexity index is 749. The zero-order chi connectivity index (χ0) is 17.4. The van der Waals surface area contributed by atoms with Crippen LogP contribution < -0.4 is 0 Å². The normalized spacial score (nSPS) is 19.8. The molecule has 1 aliphatic heterocycles. The number of benzene rings is 1. The monoisotopic (exact) mass is 345 g/mol. The summed E-state index contributed by atoms with van der Waals surface area (Å²) < 4.78 is 18.9. The molecule has 7 heteroatoms. The summed E-state index contributed by atoms with van der Waals surface area (Å²) in [5.74, 6) is 1.49. The highest BCUT2D eigenvalue weighted by atomic mass is 19.1. The van der Waals surface area contributed by atoms with Crippen molar-refractivity contribution >= 4 is 6.09 Å². The molecular formula is C18H20FN3O3. The van der Waals surface area contributed by atoms with Gasteiger partial charge in [-0.3, -0.25) is 0 Å². The molecule has 1 N–H and O–H groups in total. The van der Waals surface area contributed by atoms with Crippen LogP contribution in [-0.4, -0.2) is 39.3 Å². The number of aromatic nitrogens is 2. The van der Waals surface area contributed by atoms with Gasteiger partial charge in [0.25, 0.3) is 0 Å². The molecule has 0 bridgehead atoms. The van der Waals surface area contributed by atoms with Crippen LogP contribution in [0.1, 0.15) is 54.8 Å². The number of carboxylic acid groups (broad SMARTS) is 1. The van der Waals surface area contributed by atoms with Gasteiger partial charge in [-0.15, -0.1) is 0 Å². The lowest BCUT2D eigenvalue weighted by atomic mass is 9.80. The Morgan fingerprint density at radius 2 is 1.88 bits per heavy atom. The number of amides is 1. The van der Waals surface area contributed by atoms with Crippen molar-refractivity contribution in [1.29, 1.82) is 0 Å². The van der Waals surface area contributed by atoms with E-state index in [0.717, 1.165) is 37.1 Å². The maximum absolute atomic E-state index is 13.3. The Morgan fingerprint density at radius 3 is 2.48 bits per heavy atom. The number of hydrogen-bond donors (Lipinski definition) is 1. The summed E-state index contributed by atoms with van der Waals surface area (Å²) in [6.45, 7) is 0.975. The van der Waals surface area contributed by atoms with Gasteiger partial charge in [-0.2, -0.15) is 4.98 Å². The van der Waals surface area contributed by atoms with Gasteiger partial charge < -0.3 is 14.5 Å². The van der Waals surface area contributed by atoms with Crippen molar-refractivity contribution in [2.24, 2.45) is 5.92 Å². The Morgan fingerprint density at radius 1 is 1.20 bits per heavy atom. The standard InChI is InChI=1S/C18H20FN3O3/c19-14-5-3-11(4-6-14)15(12-7-9-22(10-8-12)18(23)24)17-20-16(21-25-17)13-1-2-13/h3-6,12-13,15H,1-2,7-10H2,(H,23,24). The number of halogens is 1. The van der Waals surface area contributed by atoms with Gasteiger partial charge in [0.05, 0.1) is 5.92 Å². The molecule has 1 unspecified atom stereocenters. The van der Waals surface area contributed by atoms with E-state index in [2.05, 4.69) is 10.1 Å². The van der Waals surface area contributed by atoms with Gasteiger partial charge in [-0.1, -0.05) is 17.3 Å². The van der Waals surface area contributed by atoms with Crippen LogP contribution in [0.5, 0.6) is 0 Å². The van der Waals surface area contributed by atoms with Gasteiger partial charge in [0.1, 0.15) is 5.82 Å². The van der Waals surface area contributed by atoms with Crippen LogP contribution in [0, 0.1) is 11.7 Å². The first-order valence-electron chi connectivity index (χ1n) is 8.68. The zero-order valence-corrected chi connectivity index (χ0v) is 13.8. The first kappa shape index (κ1) is 16.1. The van der Waals surface area contributed by atoms with Gasteiger partial charge in [-0.05, 0) is 49.3 Å². The predicted molar refractivity (Wildman–Crippen MR) is 86.8 cm³/mol. The SMILES string of the molecule is O=C(O)N1CCC(C(c2ccc(F)cc2)c2nc(C3CC3)no2)CC1. The summed E-state index contributed by atoms with van der Waals surface area (Å²) >= 11 is 0. The van der Waals surface area contributed by atoms with Crippen molar-refractivity contribution in [3.05, 3.63) is 47.4 Å². The predicted octanol–water partition coefficient (Wildman–Crippen LogP) is 3.61. The average Bonchev–Trinajstić information content (AvgIpc) is 3.36. The number of piperidine rings is 1. The smallest absolute Gasteiger partial charge is 0.407 e. The van der Waals surface area contributed by atoms with Crippen LogP contribution in [0.25, 0.3) is 0 Å². The van der Waals surface area contributed by atoms with Crippen molar-refractivity contribution in [3.63, 3.8) is 0 Å². The third-order valence-electron chi connectivity index (χ3n) is 5.18. The number of rotatable bonds is 4. The summed E-state index contributed by atoms with van der Waals surface area (Å²) in [7, 11) is 0. The lowest BCUT2D eigenvalue weighted by Crippen LogP contribution is -2.39. The van der Waals surface area contributed by atoms with Crippen molar-refractivity contribution in [3.8, 4) is 0 Å². The fourth-order valence-electron chi connectivity index (χ4n) is 3.59. The van der Waals surface area contributed by atoms with E-state index in [-0.39, 0.29) is 17.7 Å². The van der Waals surface area contributed by atoms with Crippen LogP contribution in [-0.2, 0) is 0 Å². The summed E-state index contributed by atoms with van der Waals surface area (Å²) in [6.07, 6.45) is 2.74. The summed E-state index contributed by atoms with van der Waals surface area (Å²) in [5, 5.41) is 13.3. The van der Waals surface area contributed by atoms with Gasteiger partial charge in [0.2, 0.25) is 5.89 Å². The van der Waals surface area contributed by atoms with E-state index in [4.69, 9.17) is 9.63 Å². The van der Waals surface area contributed by atoms with Crippen LogP contribution in [0.3, 0.4) is 0 Å². The fraction of sp³-hybridized carbons (Fsp3) is 0.500. The third kappa shape index (κ3) is 3.36. The van der Waals surface area contributed by atoms with E-state index in [1.807, 2.05) is 0 Å². The largest absolute Gasteiger partial charge is 0.465 e. The zero-order valence-electron chi connectivity index (χ0n) is 13.8. The second-order valence-corrected chi connectivity index (χ2v) is 6.90. The molecule has 4 rings (SSSR count). The van der Waals surface area contributed by atoms with E-state index < -0.39 is 6.09 Å². The third-order valence-corrected chi connectivity index (χ3v) is 5.18. The van der Waals surface area contributed by atoms with E-state index in [1.165, 1.54) is 17.0 Å². The number of carbonyl (C=O) groups is 1. The molecule has 1 aromatic heterocycles. The molecule has 25 heavy (non-hydrogen) atoms. The molecule has 0 radical (unpaired) electrons. The van der Waals surface area contributed by atoms with Gasteiger partial charge in [0, 0.05) is 19.0 Å². The minimum Gasteiger partial charge on any atom is -0.465 e. The second-order valence-electron chi connectivity index (χ2n) is 6.90. The number of nitrogens with zero attached hydrogens (tertiary/aromatic N) is 3. The molecule has 1 saturated heterocycles. The van der Waals surface area contributed by atoms with Crippen molar-refractivity contribution in [2.45, 2.75) is 37.5 Å². The molecule has 0 spiro atoms. The molecule has 6 nitrogen and oxygen atoms in total. The van der Waals surface area contributed by atoms with Crippen LogP contribution in [0.2, 0.25) is 0 Å². The quantitative estimate of drug-likeness (QED) is 0.916. The van der Waals surface area contributed by atoms with Crippen LogP contribution in [0.4, 0.5) is 9.18 Å². The van der Waals surface area contributed by atoms with Crippen molar-refractivity contribution in [1.82, 2.24) is 15.0 Å². The summed E-state index contributed by atoms with van der Waals surface area (Å²) in [4.78, 5) is 17.2. The van der Waals surface area contributed by atoms with Gasteiger partial charge >= 0.3 is 6.09 Å². The van der Waals surface area contributed by atoms with Crippen molar-refractivity contribution in [2.75, 3.05) is 13.1 Å². The molecule has 2 fully saturated rings. The maximum atomic E-state index is 13.3. The second kappa shape index (κ2) is 6.46. The van der Waals surface area contributed by atoms with E-state index in [0.29, 0.717) is 24.9 Å². The molecule has 2 aromatic rings. The van der Waals surface area contributed by atoms with E-state index >= 15 is 0 Å². The summed E-state index contributed by atoms with van der Waals surface area (Å²) in [6, 6.07) is 6.38. The van der Waals surface area contributed by atoms with Gasteiger partial charge in [-0.25, -0.2) is 9.18 Å². The van der Waals surface area contributed by atoms with Crippen molar-refractivity contribution < 1.29 is 18.8 Å². The van der Waals surface area contributed by atoms with Crippen LogP contribution in [0.15, 0.2) is 28.8 Å². The minimum atomic E-state index is -0.884. The molecule has 1 atom stereocenters. The highest BCUT2D eigenvalue weighted by Gasteiger charge is 2.36. The minimum absolute atomic E-state index is 0.128. The first-order valence-corrected chi connectivity index (χ1v) is 8.68. The highest BCUT2D eigenvalue weighted by Crippen LogP contribution is 2.41. The topological polar surface area (TPSA) is 79.5 Å².